The van der Waals surface area contributed by atoms with Crippen LogP contribution in [0.25, 0.3) is 0 Å². The van der Waals surface area contributed by atoms with Crippen LogP contribution in [0.1, 0.15) is 5.56 Å². The summed E-state index contributed by atoms with van der Waals surface area (Å²) >= 11 is 0. The Kier molecular flexibility index (Phi) is 2.87. The Labute approximate surface area is 93.5 Å². The fraction of sp³-hybridized carbons (Fsp3) is 0. The zero-order chi connectivity index (χ0) is 11.4. The minimum atomic E-state index is 0.189. The van der Waals surface area contributed by atoms with Gasteiger partial charge in [0.15, 0.2) is 6.21 Å². The van der Waals surface area contributed by atoms with Crippen molar-refractivity contribution < 1.29 is 9.85 Å². The summed E-state index contributed by atoms with van der Waals surface area (Å²) in [6, 6.07) is 15.4. The molecule has 0 bridgehead atoms. The number of para-hydroxylation sites is 1. The summed E-state index contributed by atoms with van der Waals surface area (Å²) in [6.45, 7) is 0. The maximum absolute atomic E-state index is 11.7. The van der Waals surface area contributed by atoms with E-state index < -0.39 is 0 Å². The lowest BCUT2D eigenvalue weighted by atomic mass is 10.2. The van der Waals surface area contributed by atoms with Crippen LogP contribution in [0.15, 0.2) is 54.6 Å². The fourth-order valence-electron chi connectivity index (χ4n) is 1.35. The highest BCUT2D eigenvalue weighted by atomic mass is 16.5. The van der Waals surface area contributed by atoms with Gasteiger partial charge in [-0.05, 0) is 24.3 Å². The van der Waals surface area contributed by atoms with Crippen molar-refractivity contribution >= 4 is 11.9 Å². The lowest BCUT2D eigenvalue weighted by molar-refractivity contribution is -0.354. The Morgan fingerprint density at radius 2 is 1.56 bits per heavy atom. The van der Waals surface area contributed by atoms with Crippen LogP contribution in [0.4, 0.5) is 5.69 Å². The minimum absolute atomic E-state index is 0.189. The SMILES string of the molecule is [O-]/[N+](=C/c1ccc(O)cc1)c1ccccc1. The van der Waals surface area contributed by atoms with E-state index in [0.29, 0.717) is 5.69 Å². The monoisotopic (exact) mass is 213 g/mol. The van der Waals surface area contributed by atoms with Crippen LogP contribution in [-0.2, 0) is 0 Å². The highest BCUT2D eigenvalue weighted by Crippen LogP contribution is 2.11. The molecule has 3 heteroatoms. The van der Waals surface area contributed by atoms with E-state index in [9.17, 15) is 5.21 Å². The van der Waals surface area contributed by atoms with Gasteiger partial charge >= 0.3 is 0 Å². The van der Waals surface area contributed by atoms with E-state index in [4.69, 9.17) is 5.11 Å². The van der Waals surface area contributed by atoms with Crippen molar-refractivity contribution in [2.75, 3.05) is 0 Å². The van der Waals surface area contributed by atoms with Gasteiger partial charge in [0.25, 0.3) is 0 Å². The van der Waals surface area contributed by atoms with Gasteiger partial charge in [-0.1, -0.05) is 18.2 Å². The molecule has 2 rings (SSSR count). The molecule has 16 heavy (non-hydrogen) atoms. The lowest BCUT2D eigenvalue weighted by Crippen LogP contribution is -1.98. The molecular formula is C13H11NO2. The first-order chi connectivity index (χ1) is 7.75. The van der Waals surface area contributed by atoms with Gasteiger partial charge in [0.05, 0.1) is 0 Å². The highest BCUT2D eigenvalue weighted by Gasteiger charge is 1.99. The largest absolute Gasteiger partial charge is 0.618 e. The van der Waals surface area contributed by atoms with Crippen molar-refractivity contribution in [3.05, 3.63) is 65.4 Å². The maximum atomic E-state index is 11.7. The smallest absolute Gasteiger partial charge is 0.216 e. The zero-order valence-electron chi connectivity index (χ0n) is 8.58. The molecule has 0 aliphatic heterocycles. The topological polar surface area (TPSA) is 46.3 Å². The van der Waals surface area contributed by atoms with Crippen LogP contribution in [0, 0.1) is 5.21 Å². The van der Waals surface area contributed by atoms with E-state index in [0.717, 1.165) is 10.3 Å². The summed E-state index contributed by atoms with van der Waals surface area (Å²) in [5.41, 5.74) is 1.33. The minimum Gasteiger partial charge on any atom is -0.618 e. The Balaban J connectivity index is 2.28. The summed E-state index contributed by atoms with van der Waals surface area (Å²) < 4.78 is 0.798. The quantitative estimate of drug-likeness (QED) is 0.361. The Morgan fingerprint density at radius 3 is 2.19 bits per heavy atom. The normalized spacial score (nSPS) is 11.4. The van der Waals surface area contributed by atoms with Gasteiger partial charge in [0, 0.05) is 17.7 Å². The van der Waals surface area contributed by atoms with Crippen molar-refractivity contribution in [3.8, 4) is 5.75 Å². The van der Waals surface area contributed by atoms with Gasteiger partial charge in [0.2, 0.25) is 5.69 Å². The molecule has 0 amide bonds. The molecule has 0 atom stereocenters. The molecule has 0 aliphatic carbocycles. The predicted octanol–water partition coefficient (Wildman–Crippen LogP) is 2.65. The van der Waals surface area contributed by atoms with E-state index in [1.54, 1.807) is 36.4 Å². The Bertz CT molecular complexity index is 489. The van der Waals surface area contributed by atoms with Crippen molar-refractivity contribution in [2.45, 2.75) is 0 Å². The first kappa shape index (κ1) is 10.2. The third kappa shape index (κ3) is 2.39. The number of rotatable bonds is 2. The van der Waals surface area contributed by atoms with Crippen LogP contribution in [0.3, 0.4) is 0 Å². The summed E-state index contributed by atoms with van der Waals surface area (Å²) in [6.07, 6.45) is 1.47. The first-order valence-corrected chi connectivity index (χ1v) is 4.91. The number of hydrogen-bond donors (Lipinski definition) is 1. The molecule has 0 fully saturated rings. The molecule has 2 aromatic carbocycles. The molecule has 0 aromatic heterocycles. The van der Waals surface area contributed by atoms with Crippen LogP contribution in [0.2, 0.25) is 0 Å². The van der Waals surface area contributed by atoms with Gasteiger partial charge in [0.1, 0.15) is 5.75 Å². The molecule has 0 aliphatic rings. The second-order valence-electron chi connectivity index (χ2n) is 3.38. The zero-order valence-corrected chi connectivity index (χ0v) is 8.58. The highest BCUT2D eigenvalue weighted by molar-refractivity contribution is 5.76. The molecule has 2 aromatic rings. The van der Waals surface area contributed by atoms with Gasteiger partial charge in [-0.15, -0.1) is 0 Å². The maximum Gasteiger partial charge on any atom is 0.216 e. The second-order valence-corrected chi connectivity index (χ2v) is 3.38. The summed E-state index contributed by atoms with van der Waals surface area (Å²) in [4.78, 5) is 0. The van der Waals surface area contributed by atoms with E-state index in [2.05, 4.69) is 0 Å². The van der Waals surface area contributed by atoms with Crippen LogP contribution in [-0.4, -0.2) is 16.1 Å². The Morgan fingerprint density at radius 1 is 0.938 bits per heavy atom. The molecule has 0 unspecified atom stereocenters. The molecule has 0 radical (unpaired) electrons. The average Bonchev–Trinajstić information content (AvgIpc) is 2.33. The number of hydrogen-bond acceptors (Lipinski definition) is 2. The molecule has 0 saturated heterocycles. The number of benzene rings is 2. The molecule has 1 N–H and O–H groups in total. The number of aromatic hydroxyl groups is 1. The van der Waals surface area contributed by atoms with Gasteiger partial charge < -0.3 is 10.3 Å². The third-order valence-electron chi connectivity index (χ3n) is 2.17. The first-order valence-electron chi connectivity index (χ1n) is 4.91. The van der Waals surface area contributed by atoms with E-state index in [1.165, 1.54) is 6.21 Å². The summed E-state index contributed by atoms with van der Waals surface area (Å²) in [7, 11) is 0. The molecule has 80 valence electrons. The molecule has 0 saturated carbocycles. The van der Waals surface area contributed by atoms with Crippen LogP contribution >= 0.6 is 0 Å². The van der Waals surface area contributed by atoms with Crippen molar-refractivity contribution in [2.24, 2.45) is 0 Å². The third-order valence-corrected chi connectivity index (χ3v) is 2.17. The second kappa shape index (κ2) is 4.49. The lowest BCUT2D eigenvalue weighted by Gasteiger charge is -2.02. The predicted molar refractivity (Wildman–Crippen MR) is 63.0 cm³/mol. The number of phenols is 1. The average molecular weight is 213 g/mol. The molecule has 3 nitrogen and oxygen atoms in total. The molecule has 0 spiro atoms. The Hall–Kier alpha value is -2.29. The van der Waals surface area contributed by atoms with Gasteiger partial charge in [-0.3, -0.25) is 0 Å². The van der Waals surface area contributed by atoms with Crippen LogP contribution in [0.5, 0.6) is 5.75 Å². The van der Waals surface area contributed by atoms with Gasteiger partial charge in [-0.2, -0.15) is 4.74 Å². The van der Waals surface area contributed by atoms with Crippen LogP contribution < -0.4 is 0 Å². The molecular weight excluding hydrogens is 202 g/mol. The van der Waals surface area contributed by atoms with Crippen molar-refractivity contribution in [1.82, 2.24) is 0 Å². The van der Waals surface area contributed by atoms with Crippen molar-refractivity contribution in [3.63, 3.8) is 0 Å². The summed E-state index contributed by atoms with van der Waals surface area (Å²) in [5, 5.41) is 20.8. The van der Waals surface area contributed by atoms with E-state index in [1.807, 2.05) is 18.2 Å². The number of nitrogens with zero attached hydrogens (tertiary/aromatic N) is 1. The van der Waals surface area contributed by atoms with E-state index in [-0.39, 0.29) is 5.75 Å². The number of phenolic OH excluding ortho intramolecular Hbond substituents is 1. The van der Waals surface area contributed by atoms with Crippen molar-refractivity contribution in [1.29, 1.82) is 0 Å². The molecule has 0 heterocycles. The standard InChI is InChI=1S/C13H11NO2/c15-13-8-6-11(7-9-13)10-14(16)12-4-2-1-3-5-12/h1-10,15H/b14-10+. The van der Waals surface area contributed by atoms with Gasteiger partial charge in [-0.25, -0.2) is 0 Å². The fourth-order valence-corrected chi connectivity index (χ4v) is 1.35. The van der Waals surface area contributed by atoms with E-state index >= 15 is 0 Å². The summed E-state index contributed by atoms with van der Waals surface area (Å²) in [5.74, 6) is 0.189.